The Morgan fingerprint density at radius 1 is 1.11 bits per heavy atom. The molecule has 3 aromatic heterocycles. The molecule has 4 heterocycles. The lowest BCUT2D eigenvalue weighted by atomic mass is 9.96. The first kappa shape index (κ1) is 24.0. The van der Waals surface area contributed by atoms with E-state index >= 15 is 0 Å². The summed E-state index contributed by atoms with van der Waals surface area (Å²) in [5.41, 5.74) is 5.13. The van der Waals surface area contributed by atoms with Gasteiger partial charge in [0.25, 0.3) is 0 Å². The van der Waals surface area contributed by atoms with E-state index in [9.17, 15) is 4.79 Å². The van der Waals surface area contributed by atoms with Crippen LogP contribution in [0.15, 0.2) is 63.7 Å². The van der Waals surface area contributed by atoms with Gasteiger partial charge in [-0.2, -0.15) is 0 Å². The third kappa shape index (κ3) is 4.36. The van der Waals surface area contributed by atoms with Gasteiger partial charge >= 0.3 is 6.09 Å². The minimum Gasteiger partial charge on any atom is -0.444 e. The molecule has 0 aliphatic carbocycles. The van der Waals surface area contributed by atoms with Crippen molar-refractivity contribution in [1.29, 1.82) is 0 Å². The minimum atomic E-state index is -0.620. The number of hydrogen-bond donors (Lipinski definition) is 2. The summed E-state index contributed by atoms with van der Waals surface area (Å²) in [5.74, 6) is 2.01. The van der Waals surface area contributed by atoms with Crippen LogP contribution in [-0.2, 0) is 11.2 Å². The highest BCUT2D eigenvalue weighted by molar-refractivity contribution is 6.04. The Labute approximate surface area is 220 Å². The Hall–Kier alpha value is -4.33. The van der Waals surface area contributed by atoms with Crippen LogP contribution in [-0.4, -0.2) is 26.6 Å². The van der Waals surface area contributed by atoms with Gasteiger partial charge in [-0.25, -0.2) is 14.8 Å². The van der Waals surface area contributed by atoms with Gasteiger partial charge in [-0.15, -0.1) is 0 Å². The molecule has 0 unspecified atom stereocenters. The smallest absolute Gasteiger partial charge is 0.408 e. The molecule has 1 aliphatic rings. The molecule has 8 heteroatoms. The van der Waals surface area contributed by atoms with E-state index in [2.05, 4.69) is 51.7 Å². The lowest BCUT2D eigenvalue weighted by Gasteiger charge is -2.24. The number of ether oxygens (including phenoxy) is 1. The zero-order chi connectivity index (χ0) is 26.6. The second-order valence-electron chi connectivity index (χ2n) is 11.0. The van der Waals surface area contributed by atoms with Crippen LogP contribution in [0, 0.1) is 5.92 Å². The fourth-order valence-corrected chi connectivity index (χ4v) is 4.90. The summed E-state index contributed by atoms with van der Waals surface area (Å²) in [6, 6.07) is 14.1. The lowest BCUT2D eigenvalue weighted by Crippen LogP contribution is -2.37. The van der Waals surface area contributed by atoms with Crippen LogP contribution >= 0.6 is 0 Å². The molecule has 0 fully saturated rings. The van der Waals surface area contributed by atoms with Crippen molar-refractivity contribution in [2.24, 2.45) is 5.92 Å². The van der Waals surface area contributed by atoms with Crippen molar-refractivity contribution in [3.63, 3.8) is 0 Å². The van der Waals surface area contributed by atoms with E-state index in [4.69, 9.17) is 18.6 Å². The molecule has 194 valence electrons. The average Bonchev–Trinajstić information content (AvgIpc) is 3.58. The number of benzene rings is 2. The molecule has 5 aromatic rings. The summed E-state index contributed by atoms with van der Waals surface area (Å²) >= 11 is 0. The van der Waals surface area contributed by atoms with E-state index < -0.39 is 17.7 Å². The topological polar surface area (TPSA) is 106 Å². The summed E-state index contributed by atoms with van der Waals surface area (Å²) in [5, 5.41) is 4.01. The Bertz CT molecular complexity index is 1650. The van der Waals surface area contributed by atoms with Gasteiger partial charge < -0.3 is 23.9 Å². The highest BCUT2D eigenvalue weighted by Crippen LogP contribution is 2.40. The van der Waals surface area contributed by atoms with Crippen LogP contribution in [0.1, 0.15) is 57.9 Å². The first-order valence-electron chi connectivity index (χ1n) is 12.8. The number of aromatic nitrogens is 3. The van der Waals surface area contributed by atoms with E-state index in [1.807, 2.05) is 46.9 Å². The standard InChI is InChI=1S/C30H30N4O4/c1-16(2)25(34-29(35)38-30(3,4)5)28-33-26-22(36-28)13-17-8-6-9-18(12-17)19-10-7-11-21-24(19)20(14-31-21)23-15-32-27(26)37-23/h6-12,14-16,25,31H,13H2,1-5H3,(H,34,35)/t25-/m0/s1. The van der Waals surface area contributed by atoms with Gasteiger partial charge in [0, 0.05) is 29.1 Å². The van der Waals surface area contributed by atoms with Gasteiger partial charge in [-0.05, 0) is 49.4 Å². The summed E-state index contributed by atoms with van der Waals surface area (Å²) in [4.78, 5) is 25.4. The van der Waals surface area contributed by atoms with Crippen LogP contribution in [0.25, 0.3) is 44.9 Å². The first-order valence-corrected chi connectivity index (χ1v) is 12.8. The fourth-order valence-electron chi connectivity index (χ4n) is 4.90. The SMILES string of the molecule is CC(C)[C@H](NC(=O)OC(C)(C)C)c1nc2c(o1)Cc1cccc(c1)-c1cccc3[nH]cc(c13)-c1cnc-2o1. The maximum atomic E-state index is 12.6. The zero-order valence-electron chi connectivity index (χ0n) is 22.1. The van der Waals surface area contributed by atoms with Crippen molar-refractivity contribution in [1.82, 2.24) is 20.3 Å². The fraction of sp³-hybridized carbons (Fsp3) is 0.300. The number of rotatable bonds is 3. The number of fused-ring (bicyclic) bond motifs is 8. The lowest BCUT2D eigenvalue weighted by molar-refractivity contribution is 0.0478. The Kier molecular flexibility index (Phi) is 5.63. The van der Waals surface area contributed by atoms with Gasteiger partial charge in [-0.3, -0.25) is 0 Å². The number of nitrogens with zero attached hydrogens (tertiary/aromatic N) is 2. The van der Waals surface area contributed by atoms with Crippen molar-refractivity contribution in [2.45, 2.75) is 52.7 Å². The number of H-pyrrole nitrogens is 1. The molecule has 4 bridgehead atoms. The second-order valence-corrected chi connectivity index (χ2v) is 11.0. The van der Waals surface area contributed by atoms with Crippen molar-refractivity contribution in [2.75, 3.05) is 0 Å². The predicted octanol–water partition coefficient (Wildman–Crippen LogP) is 7.27. The van der Waals surface area contributed by atoms with Crippen molar-refractivity contribution in [3.05, 3.63) is 72.1 Å². The number of amides is 1. The van der Waals surface area contributed by atoms with E-state index in [1.165, 1.54) is 0 Å². The molecule has 0 saturated carbocycles. The number of hydrogen-bond acceptors (Lipinski definition) is 6. The summed E-state index contributed by atoms with van der Waals surface area (Å²) in [6.07, 6.45) is 3.63. The second kappa shape index (κ2) is 8.90. The van der Waals surface area contributed by atoms with Crippen LogP contribution in [0.3, 0.4) is 0 Å². The molecule has 1 aliphatic heterocycles. The number of carbonyl (C=O) groups is 1. The van der Waals surface area contributed by atoms with Crippen LogP contribution in [0.5, 0.6) is 0 Å². The molecule has 0 saturated heterocycles. The van der Waals surface area contributed by atoms with Crippen molar-refractivity contribution in [3.8, 4) is 34.0 Å². The number of oxazole rings is 2. The van der Waals surface area contributed by atoms with Crippen molar-refractivity contribution < 1.29 is 18.4 Å². The third-order valence-electron chi connectivity index (χ3n) is 6.60. The van der Waals surface area contributed by atoms with E-state index in [0.717, 1.165) is 33.2 Å². The van der Waals surface area contributed by atoms with Gasteiger partial charge in [0.15, 0.2) is 11.5 Å². The molecule has 8 nitrogen and oxygen atoms in total. The maximum Gasteiger partial charge on any atom is 0.408 e. The number of carbonyl (C=O) groups excluding carboxylic acids is 1. The Balaban J connectivity index is 1.49. The molecular formula is C30H30N4O4. The molecule has 1 amide bonds. The van der Waals surface area contributed by atoms with Gasteiger partial charge in [0.2, 0.25) is 11.8 Å². The summed E-state index contributed by atoms with van der Waals surface area (Å²) in [7, 11) is 0. The molecule has 1 atom stereocenters. The monoisotopic (exact) mass is 510 g/mol. The number of alkyl carbamates (subject to hydrolysis) is 1. The first-order chi connectivity index (χ1) is 18.2. The molecule has 6 rings (SSSR count). The highest BCUT2D eigenvalue weighted by atomic mass is 16.6. The molecule has 0 radical (unpaired) electrons. The Morgan fingerprint density at radius 3 is 2.71 bits per heavy atom. The third-order valence-corrected chi connectivity index (χ3v) is 6.60. The van der Waals surface area contributed by atoms with Gasteiger partial charge in [-0.1, -0.05) is 50.2 Å². The molecule has 0 spiro atoms. The summed E-state index contributed by atoms with van der Waals surface area (Å²) < 4.78 is 18.1. The van der Waals surface area contributed by atoms with Crippen LogP contribution in [0.2, 0.25) is 0 Å². The van der Waals surface area contributed by atoms with Crippen LogP contribution < -0.4 is 5.32 Å². The minimum absolute atomic E-state index is 0.00459. The predicted molar refractivity (Wildman–Crippen MR) is 144 cm³/mol. The highest BCUT2D eigenvalue weighted by Gasteiger charge is 2.30. The van der Waals surface area contributed by atoms with Gasteiger partial charge in [0.05, 0.1) is 6.20 Å². The molecule has 2 aromatic carbocycles. The molecule has 2 N–H and O–H groups in total. The maximum absolute atomic E-state index is 12.6. The average molecular weight is 511 g/mol. The quantitative estimate of drug-likeness (QED) is 0.259. The van der Waals surface area contributed by atoms with E-state index in [0.29, 0.717) is 35.4 Å². The van der Waals surface area contributed by atoms with Crippen molar-refractivity contribution >= 4 is 17.0 Å². The molecule has 38 heavy (non-hydrogen) atoms. The summed E-state index contributed by atoms with van der Waals surface area (Å²) in [6.45, 7) is 9.48. The normalized spacial score (nSPS) is 13.5. The number of aromatic amines is 1. The Morgan fingerprint density at radius 2 is 1.92 bits per heavy atom. The van der Waals surface area contributed by atoms with E-state index in [1.54, 1.807) is 6.20 Å². The largest absolute Gasteiger partial charge is 0.444 e. The van der Waals surface area contributed by atoms with E-state index in [-0.39, 0.29) is 5.92 Å². The van der Waals surface area contributed by atoms with Crippen LogP contribution in [0.4, 0.5) is 4.79 Å². The van der Waals surface area contributed by atoms with Gasteiger partial charge in [0.1, 0.15) is 17.4 Å². The molecular weight excluding hydrogens is 480 g/mol. The number of nitrogens with one attached hydrogen (secondary N) is 2. The zero-order valence-corrected chi connectivity index (χ0v) is 22.1.